The van der Waals surface area contributed by atoms with E-state index in [1.54, 1.807) is 18.2 Å². The van der Waals surface area contributed by atoms with E-state index >= 15 is 0 Å². The average Bonchev–Trinajstić information content (AvgIpc) is 2.66. The molecule has 0 saturated carbocycles. The fraction of sp³-hybridized carbons (Fsp3) is 0.263. The van der Waals surface area contributed by atoms with Gasteiger partial charge in [0.15, 0.2) is 9.84 Å². The predicted octanol–water partition coefficient (Wildman–Crippen LogP) is 2.74. The minimum Gasteiger partial charge on any atom is -0.352 e. The molecule has 2 aromatic rings. The molecule has 28 heavy (non-hydrogen) atoms. The molecule has 0 fully saturated rings. The summed E-state index contributed by atoms with van der Waals surface area (Å²) in [5.41, 5.74) is 1.18. The Labute approximate surface area is 166 Å². The van der Waals surface area contributed by atoms with E-state index in [0.29, 0.717) is 17.0 Å². The molecule has 3 rings (SSSR count). The molecule has 2 aromatic carbocycles. The quantitative estimate of drug-likeness (QED) is 0.747. The minimum absolute atomic E-state index is 0.0629. The number of benzene rings is 2. The van der Waals surface area contributed by atoms with Crippen LogP contribution in [-0.4, -0.2) is 31.2 Å². The van der Waals surface area contributed by atoms with Crippen molar-refractivity contribution in [2.45, 2.75) is 34.9 Å². The second-order valence-electron chi connectivity index (χ2n) is 6.46. The lowest BCUT2D eigenvalue weighted by Crippen LogP contribution is -2.30. The van der Waals surface area contributed by atoms with Gasteiger partial charge in [-0.1, -0.05) is 12.1 Å². The van der Waals surface area contributed by atoms with Gasteiger partial charge in [0.05, 0.1) is 21.6 Å². The first-order valence-corrected chi connectivity index (χ1v) is 11.1. The number of carbonyl (C=O) groups is 2. The Bertz CT molecular complexity index is 1010. The molecule has 0 saturated heterocycles. The van der Waals surface area contributed by atoms with Crippen molar-refractivity contribution < 1.29 is 22.4 Å². The third-order valence-corrected chi connectivity index (χ3v) is 7.53. The molecule has 6 nitrogen and oxygen atoms in total. The lowest BCUT2D eigenvalue weighted by atomic mass is 10.2. The first-order chi connectivity index (χ1) is 13.3. The minimum atomic E-state index is -3.74. The molecule has 0 aromatic heterocycles. The summed E-state index contributed by atoms with van der Waals surface area (Å²) in [4.78, 5) is 24.5. The van der Waals surface area contributed by atoms with Crippen LogP contribution in [0.1, 0.15) is 18.9 Å². The van der Waals surface area contributed by atoms with Crippen LogP contribution in [0.25, 0.3) is 0 Å². The molecule has 2 N–H and O–H groups in total. The van der Waals surface area contributed by atoms with Crippen LogP contribution >= 0.6 is 11.8 Å². The number of nitrogens with one attached hydrogen (secondary N) is 2. The summed E-state index contributed by atoms with van der Waals surface area (Å²) in [7, 11) is -3.74. The highest BCUT2D eigenvalue weighted by molar-refractivity contribution is 8.00. The standard InChI is InChI=1S/C19H19FN2O4S2/c1-12(8-18(23)21-10-13-2-4-14(20)5-3-13)28(25,26)15-6-7-17-16(9-15)22-19(24)11-27-17/h2-7,9,12H,8,10-11H2,1H3,(H,21,23)(H,22,24)/t12-/m0/s1. The summed E-state index contributed by atoms with van der Waals surface area (Å²) in [6.45, 7) is 1.66. The topological polar surface area (TPSA) is 92.3 Å². The summed E-state index contributed by atoms with van der Waals surface area (Å²) < 4.78 is 38.5. The molecule has 148 valence electrons. The van der Waals surface area contributed by atoms with Crippen molar-refractivity contribution >= 4 is 39.1 Å². The summed E-state index contributed by atoms with van der Waals surface area (Å²) in [5.74, 6) is -0.666. The van der Waals surface area contributed by atoms with Gasteiger partial charge in [-0.05, 0) is 42.8 Å². The van der Waals surface area contributed by atoms with Gasteiger partial charge in [0, 0.05) is 17.9 Å². The van der Waals surface area contributed by atoms with Crippen LogP contribution in [0, 0.1) is 5.82 Å². The summed E-state index contributed by atoms with van der Waals surface area (Å²) >= 11 is 1.35. The van der Waals surface area contributed by atoms with Gasteiger partial charge in [-0.25, -0.2) is 12.8 Å². The van der Waals surface area contributed by atoms with Crippen molar-refractivity contribution in [1.82, 2.24) is 5.32 Å². The van der Waals surface area contributed by atoms with Crippen LogP contribution in [0.4, 0.5) is 10.1 Å². The number of hydrogen-bond donors (Lipinski definition) is 2. The van der Waals surface area contributed by atoms with Gasteiger partial charge in [-0.3, -0.25) is 9.59 Å². The predicted molar refractivity (Wildman–Crippen MR) is 105 cm³/mol. The van der Waals surface area contributed by atoms with E-state index in [0.717, 1.165) is 4.90 Å². The third-order valence-electron chi connectivity index (χ3n) is 4.32. The van der Waals surface area contributed by atoms with Gasteiger partial charge in [-0.2, -0.15) is 0 Å². The van der Waals surface area contributed by atoms with Gasteiger partial charge >= 0.3 is 0 Å². The molecule has 0 radical (unpaired) electrons. The number of halogens is 1. The number of thioether (sulfide) groups is 1. The Balaban J connectivity index is 1.64. The molecule has 0 aliphatic carbocycles. The lowest BCUT2D eigenvalue weighted by molar-refractivity contribution is -0.121. The summed E-state index contributed by atoms with van der Waals surface area (Å²) in [6.07, 6.45) is -0.207. The van der Waals surface area contributed by atoms with Gasteiger partial charge in [0.25, 0.3) is 0 Å². The van der Waals surface area contributed by atoms with Crippen LogP contribution in [0.3, 0.4) is 0 Å². The zero-order valence-corrected chi connectivity index (χ0v) is 16.7. The number of anilines is 1. The fourth-order valence-corrected chi connectivity index (χ4v) is 4.88. The SMILES string of the molecule is C[C@@H](CC(=O)NCc1ccc(F)cc1)S(=O)(=O)c1ccc2c(c1)NC(=O)CS2. The smallest absolute Gasteiger partial charge is 0.234 e. The van der Waals surface area contributed by atoms with Crippen molar-refractivity contribution in [3.8, 4) is 0 Å². The Morgan fingerprint density at radius 3 is 2.68 bits per heavy atom. The Hall–Kier alpha value is -2.39. The largest absolute Gasteiger partial charge is 0.352 e. The van der Waals surface area contributed by atoms with Crippen LogP contribution < -0.4 is 10.6 Å². The zero-order valence-electron chi connectivity index (χ0n) is 15.1. The molecule has 0 bridgehead atoms. The lowest BCUT2D eigenvalue weighted by Gasteiger charge is -2.18. The van der Waals surface area contributed by atoms with Gasteiger partial charge in [0.1, 0.15) is 5.82 Å². The van der Waals surface area contributed by atoms with Crippen LogP contribution in [0.2, 0.25) is 0 Å². The summed E-state index contributed by atoms with van der Waals surface area (Å²) in [6, 6.07) is 10.3. The van der Waals surface area contributed by atoms with Crippen molar-refractivity contribution in [3.05, 3.63) is 53.8 Å². The molecular formula is C19H19FN2O4S2. The first kappa shape index (κ1) is 20.3. The number of fused-ring (bicyclic) bond motifs is 1. The second-order valence-corrected chi connectivity index (χ2v) is 9.84. The fourth-order valence-electron chi connectivity index (χ4n) is 2.72. The highest BCUT2D eigenvalue weighted by Gasteiger charge is 2.27. The van der Waals surface area contributed by atoms with Crippen molar-refractivity contribution in [2.75, 3.05) is 11.1 Å². The van der Waals surface area contributed by atoms with E-state index in [1.807, 2.05) is 0 Å². The van der Waals surface area contributed by atoms with Crippen molar-refractivity contribution in [2.24, 2.45) is 0 Å². The number of carbonyl (C=O) groups excluding carboxylic acids is 2. The molecule has 0 spiro atoms. The molecule has 9 heteroatoms. The Kier molecular flexibility index (Phi) is 6.04. The number of sulfone groups is 1. The van der Waals surface area contributed by atoms with Crippen LogP contribution in [0.15, 0.2) is 52.3 Å². The van der Waals surface area contributed by atoms with E-state index in [9.17, 15) is 22.4 Å². The van der Waals surface area contributed by atoms with E-state index in [4.69, 9.17) is 0 Å². The van der Waals surface area contributed by atoms with E-state index in [1.165, 1.54) is 43.0 Å². The number of hydrogen-bond acceptors (Lipinski definition) is 5. The van der Waals surface area contributed by atoms with E-state index in [2.05, 4.69) is 10.6 Å². The first-order valence-electron chi connectivity index (χ1n) is 8.57. The Morgan fingerprint density at radius 1 is 1.25 bits per heavy atom. The molecule has 0 unspecified atom stereocenters. The highest BCUT2D eigenvalue weighted by atomic mass is 32.2. The van der Waals surface area contributed by atoms with Crippen LogP contribution in [0.5, 0.6) is 0 Å². The van der Waals surface area contributed by atoms with Crippen LogP contribution in [-0.2, 0) is 26.0 Å². The second kappa shape index (κ2) is 8.32. The van der Waals surface area contributed by atoms with E-state index < -0.39 is 21.0 Å². The molecule has 1 heterocycles. The maximum atomic E-state index is 12.9. The maximum absolute atomic E-state index is 12.9. The molecular weight excluding hydrogens is 403 g/mol. The van der Waals surface area contributed by atoms with Gasteiger partial charge in [-0.15, -0.1) is 11.8 Å². The van der Waals surface area contributed by atoms with Crippen molar-refractivity contribution in [1.29, 1.82) is 0 Å². The number of rotatable bonds is 6. The number of amides is 2. The molecule has 1 atom stereocenters. The van der Waals surface area contributed by atoms with E-state index in [-0.39, 0.29) is 29.6 Å². The van der Waals surface area contributed by atoms with Gasteiger partial charge in [0.2, 0.25) is 11.8 Å². The molecule has 2 amide bonds. The molecule has 1 aliphatic heterocycles. The zero-order chi connectivity index (χ0) is 20.3. The summed E-state index contributed by atoms with van der Waals surface area (Å²) in [5, 5.41) is 4.37. The monoisotopic (exact) mass is 422 g/mol. The van der Waals surface area contributed by atoms with Gasteiger partial charge < -0.3 is 10.6 Å². The highest BCUT2D eigenvalue weighted by Crippen LogP contribution is 2.34. The average molecular weight is 423 g/mol. The Morgan fingerprint density at radius 2 is 1.96 bits per heavy atom. The third kappa shape index (κ3) is 4.71. The molecule has 1 aliphatic rings. The van der Waals surface area contributed by atoms with Crippen molar-refractivity contribution in [3.63, 3.8) is 0 Å². The maximum Gasteiger partial charge on any atom is 0.234 e. The normalized spacial score (nSPS) is 14.7.